The maximum absolute atomic E-state index is 13.3. The highest BCUT2D eigenvalue weighted by molar-refractivity contribution is 7.93. The third-order valence-corrected chi connectivity index (χ3v) is 8.97. The van der Waals surface area contributed by atoms with E-state index in [4.69, 9.17) is 16.3 Å². The monoisotopic (exact) mass is 465 g/mol. The number of hydrogen-bond donors (Lipinski definition) is 1. The molecule has 8 heteroatoms. The molecule has 168 valence electrons. The number of ether oxygens (including phenoxy) is 1. The summed E-state index contributed by atoms with van der Waals surface area (Å²) in [6, 6.07) is 3.15. The van der Waals surface area contributed by atoms with Crippen LogP contribution in [-0.2, 0) is 14.5 Å². The van der Waals surface area contributed by atoms with Crippen molar-refractivity contribution in [2.75, 3.05) is 11.5 Å². The molecular weight excluding hydrogens is 438 g/mol. The van der Waals surface area contributed by atoms with Crippen LogP contribution in [0, 0.1) is 0 Å². The summed E-state index contributed by atoms with van der Waals surface area (Å²) in [5, 5.41) is 10.2. The molecule has 1 N–H and O–H groups in total. The molecule has 31 heavy (non-hydrogen) atoms. The Hall–Kier alpha value is -1.86. The Morgan fingerprint density at radius 1 is 1.06 bits per heavy atom. The minimum atomic E-state index is -2.49. The summed E-state index contributed by atoms with van der Waals surface area (Å²) < 4.78 is 24.1. The highest BCUT2D eigenvalue weighted by atomic mass is 35.5. The average Bonchev–Trinajstić information content (AvgIpc) is 3.24. The predicted octanol–water partition coefficient (Wildman–Crippen LogP) is 5.69. The van der Waals surface area contributed by atoms with E-state index in [0.717, 1.165) is 44.9 Å². The molecule has 0 atom stereocenters. The number of benzene rings is 1. The van der Waals surface area contributed by atoms with E-state index in [9.17, 15) is 18.9 Å². The zero-order valence-electron chi connectivity index (χ0n) is 17.5. The minimum absolute atomic E-state index is 0.0347. The van der Waals surface area contributed by atoms with Gasteiger partial charge in [0.25, 0.3) is 0 Å². The fourth-order valence-corrected chi connectivity index (χ4v) is 7.04. The van der Waals surface area contributed by atoms with Gasteiger partial charge >= 0.3 is 0 Å². The smallest absolute Gasteiger partial charge is 0.201 e. The molecule has 0 bridgehead atoms. The molecule has 0 amide bonds. The van der Waals surface area contributed by atoms with Crippen molar-refractivity contribution in [2.24, 2.45) is 4.36 Å². The number of halogens is 1. The van der Waals surface area contributed by atoms with Gasteiger partial charge in [0, 0.05) is 29.9 Å². The van der Waals surface area contributed by atoms with Crippen molar-refractivity contribution in [1.29, 1.82) is 0 Å². The summed E-state index contributed by atoms with van der Waals surface area (Å²) in [4.78, 5) is 25.4. The second-order valence-electron chi connectivity index (χ2n) is 8.56. The molecule has 1 aromatic rings. The Labute approximate surface area is 188 Å². The molecule has 0 radical (unpaired) electrons. The molecule has 1 saturated heterocycles. The molecule has 1 aromatic carbocycles. The van der Waals surface area contributed by atoms with E-state index in [1.165, 1.54) is 6.07 Å². The van der Waals surface area contributed by atoms with Crippen molar-refractivity contribution in [3.63, 3.8) is 0 Å². The normalized spacial score (nSPS) is 21.9. The number of aliphatic hydroxyl groups is 1. The molecule has 1 aliphatic heterocycles. The first-order valence-electron chi connectivity index (χ1n) is 11.1. The van der Waals surface area contributed by atoms with Crippen LogP contribution in [0.4, 0.5) is 5.69 Å². The van der Waals surface area contributed by atoms with Gasteiger partial charge in [-0.05, 0) is 57.1 Å². The van der Waals surface area contributed by atoms with Crippen LogP contribution in [0.1, 0.15) is 74.6 Å². The van der Waals surface area contributed by atoms with Gasteiger partial charge in [0.1, 0.15) is 22.8 Å². The number of rotatable bonds is 5. The van der Waals surface area contributed by atoms with Gasteiger partial charge in [-0.2, -0.15) is 4.36 Å². The third-order valence-electron chi connectivity index (χ3n) is 6.22. The van der Waals surface area contributed by atoms with Gasteiger partial charge in [-0.3, -0.25) is 9.59 Å². The molecule has 1 heterocycles. The number of allylic oxidation sites excluding steroid dienone is 2. The van der Waals surface area contributed by atoms with Gasteiger partial charge in [0.15, 0.2) is 5.78 Å². The molecule has 0 unspecified atom stereocenters. The fourth-order valence-electron chi connectivity index (χ4n) is 4.50. The fraction of sp³-hybridized carbons (Fsp3) is 0.565. The van der Waals surface area contributed by atoms with E-state index in [2.05, 4.69) is 4.36 Å². The van der Waals surface area contributed by atoms with Crippen molar-refractivity contribution in [1.82, 2.24) is 0 Å². The van der Waals surface area contributed by atoms with Gasteiger partial charge in [-0.25, -0.2) is 4.21 Å². The van der Waals surface area contributed by atoms with Crippen LogP contribution >= 0.6 is 11.6 Å². The summed E-state index contributed by atoms with van der Waals surface area (Å²) in [5.41, 5.74) is 0.106. The van der Waals surface area contributed by atoms with E-state index >= 15 is 0 Å². The maximum atomic E-state index is 13.3. The topological polar surface area (TPSA) is 93.0 Å². The van der Waals surface area contributed by atoms with Crippen LogP contribution < -0.4 is 4.74 Å². The summed E-state index contributed by atoms with van der Waals surface area (Å²) in [5.74, 6) is 0.224. The first-order chi connectivity index (χ1) is 14.9. The van der Waals surface area contributed by atoms with Crippen LogP contribution in [0.15, 0.2) is 27.8 Å². The molecule has 0 aromatic heterocycles. The highest BCUT2D eigenvalue weighted by Gasteiger charge is 2.31. The minimum Gasteiger partial charge on any atom is -0.511 e. The lowest BCUT2D eigenvalue weighted by Crippen LogP contribution is -2.20. The maximum Gasteiger partial charge on any atom is 0.201 e. The molecule has 6 nitrogen and oxygen atoms in total. The number of carbonyl (C=O) groups is 2. The van der Waals surface area contributed by atoms with Gasteiger partial charge in [-0.1, -0.05) is 18.0 Å². The number of hydrogen-bond acceptors (Lipinski definition) is 6. The molecule has 3 aliphatic rings. The largest absolute Gasteiger partial charge is 0.511 e. The number of Topliss-reactive ketones (excluding diaryl/α,β-unsaturated/α-hetero) is 2. The Morgan fingerprint density at radius 2 is 1.77 bits per heavy atom. The zero-order valence-corrected chi connectivity index (χ0v) is 19.1. The molecular formula is C23H28ClNO5S. The number of ketones is 2. The highest BCUT2D eigenvalue weighted by Crippen LogP contribution is 2.42. The predicted molar refractivity (Wildman–Crippen MR) is 121 cm³/mol. The summed E-state index contributed by atoms with van der Waals surface area (Å²) >= 11 is 6.65. The van der Waals surface area contributed by atoms with Crippen molar-refractivity contribution in [2.45, 2.75) is 70.3 Å². The van der Waals surface area contributed by atoms with Gasteiger partial charge in [0.05, 0.1) is 20.9 Å². The van der Waals surface area contributed by atoms with Crippen molar-refractivity contribution >= 4 is 38.6 Å². The molecule has 4 rings (SSSR count). The SMILES string of the molecule is O=C1CCCC(O)=C1C(=O)c1ccc(OC2CCCC2)c(N=S2(=O)CCCCC2)c1Cl. The van der Waals surface area contributed by atoms with Crippen molar-refractivity contribution in [3.8, 4) is 5.75 Å². The first kappa shape index (κ1) is 22.3. The van der Waals surface area contributed by atoms with Crippen LogP contribution in [0.3, 0.4) is 0 Å². The van der Waals surface area contributed by atoms with E-state index < -0.39 is 15.5 Å². The van der Waals surface area contributed by atoms with E-state index in [0.29, 0.717) is 30.1 Å². The second-order valence-corrected chi connectivity index (χ2v) is 11.5. The van der Waals surface area contributed by atoms with Crippen LogP contribution in [0.2, 0.25) is 5.02 Å². The Morgan fingerprint density at radius 3 is 2.45 bits per heavy atom. The summed E-state index contributed by atoms with van der Waals surface area (Å²) in [6.07, 6.45) is 7.83. The van der Waals surface area contributed by atoms with Gasteiger partial charge in [0.2, 0.25) is 5.78 Å². The van der Waals surface area contributed by atoms with E-state index in [1.807, 2.05) is 0 Å². The van der Waals surface area contributed by atoms with Gasteiger partial charge < -0.3 is 9.84 Å². The van der Waals surface area contributed by atoms with Crippen LogP contribution in [0.25, 0.3) is 0 Å². The third kappa shape index (κ3) is 4.82. The number of nitrogens with zero attached hydrogens (tertiary/aromatic N) is 1. The van der Waals surface area contributed by atoms with E-state index in [-0.39, 0.29) is 45.9 Å². The van der Waals surface area contributed by atoms with Gasteiger partial charge in [-0.15, -0.1) is 0 Å². The molecule has 0 spiro atoms. The Bertz CT molecular complexity index is 1040. The molecule has 2 fully saturated rings. The lowest BCUT2D eigenvalue weighted by Gasteiger charge is -2.20. The van der Waals surface area contributed by atoms with Crippen molar-refractivity contribution < 1.29 is 23.6 Å². The second kappa shape index (κ2) is 9.33. The first-order valence-corrected chi connectivity index (χ1v) is 13.3. The van der Waals surface area contributed by atoms with E-state index in [1.54, 1.807) is 6.07 Å². The quantitative estimate of drug-likeness (QED) is 0.445. The lowest BCUT2D eigenvalue weighted by atomic mass is 9.90. The number of carbonyl (C=O) groups excluding carboxylic acids is 2. The summed E-state index contributed by atoms with van der Waals surface area (Å²) in [7, 11) is -2.49. The van der Waals surface area contributed by atoms with Crippen LogP contribution in [-0.4, -0.2) is 38.5 Å². The Kier molecular flexibility index (Phi) is 6.72. The number of aliphatic hydroxyl groups excluding tert-OH is 1. The van der Waals surface area contributed by atoms with Crippen LogP contribution in [0.5, 0.6) is 5.75 Å². The Balaban J connectivity index is 1.79. The standard InChI is InChI=1S/C23H28ClNO5S/c24-21-16(23(28)20-17(26)9-6-10-18(20)27)11-12-19(30-15-7-2-3-8-15)22(21)25-31(29)13-4-1-5-14-31/h11-12,15,26H,1-10,13-14H2. The lowest BCUT2D eigenvalue weighted by molar-refractivity contribution is -0.116. The summed E-state index contributed by atoms with van der Waals surface area (Å²) in [6.45, 7) is 0. The van der Waals surface area contributed by atoms with Crippen molar-refractivity contribution in [3.05, 3.63) is 34.1 Å². The zero-order chi connectivity index (χ0) is 22.0. The average molecular weight is 466 g/mol. The molecule has 1 saturated carbocycles. The molecule has 2 aliphatic carbocycles.